The van der Waals surface area contributed by atoms with Crippen LogP contribution in [0.3, 0.4) is 0 Å². The third-order valence-corrected chi connectivity index (χ3v) is 6.95. The molecule has 0 fully saturated rings. The SMILES string of the molecule is Clc1cc(C(c2ccccc2)(c2ccccc2)C(Cl)(Cl)Cl)c(Cl)c(Cl)c1Cl. The van der Waals surface area contributed by atoms with E-state index in [-0.39, 0.29) is 20.1 Å². The molecule has 0 heterocycles. The first-order valence-corrected chi connectivity index (χ1v) is 10.4. The number of alkyl halides is 3. The van der Waals surface area contributed by atoms with Gasteiger partial charge >= 0.3 is 0 Å². The maximum absolute atomic E-state index is 6.63. The molecule has 0 atom stereocenters. The maximum Gasteiger partial charge on any atom is 0.208 e. The van der Waals surface area contributed by atoms with Gasteiger partial charge in [0.05, 0.1) is 25.5 Å². The molecule has 0 bridgehead atoms. The van der Waals surface area contributed by atoms with Crippen molar-refractivity contribution >= 4 is 81.2 Å². The lowest BCUT2D eigenvalue weighted by atomic mass is 9.70. The molecular weight excluding hydrogens is 488 g/mol. The second-order valence-electron chi connectivity index (χ2n) is 5.83. The summed E-state index contributed by atoms with van der Waals surface area (Å²) in [6.07, 6.45) is 0. The fourth-order valence-corrected chi connectivity index (χ4v) is 5.08. The minimum atomic E-state index is -1.83. The summed E-state index contributed by atoms with van der Waals surface area (Å²) in [5.41, 5.74) is 0.593. The molecule has 3 aromatic carbocycles. The largest absolute Gasteiger partial charge is 0.208 e. The molecule has 0 N–H and O–H groups in total. The van der Waals surface area contributed by atoms with Crippen LogP contribution in [0.15, 0.2) is 66.7 Å². The second kappa shape index (κ2) is 8.20. The standard InChI is InChI=1S/C20H11Cl7/c21-15-11-14(16(22)18(24)17(15)23)19(20(25,26)27,12-7-3-1-4-8-12)13-9-5-2-6-10-13/h1-11H. The summed E-state index contributed by atoms with van der Waals surface area (Å²) in [5.74, 6) is 0. The van der Waals surface area contributed by atoms with Gasteiger partial charge in [0.1, 0.15) is 0 Å². The van der Waals surface area contributed by atoms with Crippen LogP contribution in [-0.2, 0) is 5.41 Å². The highest BCUT2D eigenvalue weighted by Crippen LogP contribution is 2.58. The average molecular weight is 499 g/mol. The fourth-order valence-electron chi connectivity index (χ4n) is 3.18. The summed E-state index contributed by atoms with van der Waals surface area (Å²) in [4.78, 5) is 0. The number of hydrogen-bond acceptors (Lipinski definition) is 0. The first-order chi connectivity index (χ1) is 12.7. The molecule has 140 valence electrons. The predicted molar refractivity (Wildman–Crippen MR) is 120 cm³/mol. The van der Waals surface area contributed by atoms with Crippen molar-refractivity contribution in [1.29, 1.82) is 0 Å². The minimum Gasteiger partial charge on any atom is -0.0826 e. The average Bonchev–Trinajstić information content (AvgIpc) is 2.65. The smallest absolute Gasteiger partial charge is 0.0826 e. The van der Waals surface area contributed by atoms with E-state index in [1.807, 2.05) is 60.7 Å². The first kappa shape index (κ1) is 21.4. The van der Waals surface area contributed by atoms with Crippen molar-refractivity contribution in [2.45, 2.75) is 9.21 Å². The summed E-state index contributed by atoms with van der Waals surface area (Å²) in [6, 6.07) is 20.2. The van der Waals surface area contributed by atoms with Gasteiger partial charge in [-0.1, -0.05) is 142 Å². The normalized spacial score (nSPS) is 12.3. The van der Waals surface area contributed by atoms with Gasteiger partial charge in [-0.25, -0.2) is 0 Å². The summed E-state index contributed by atoms with van der Waals surface area (Å²) in [6.45, 7) is 0. The number of hydrogen-bond donors (Lipinski definition) is 0. The van der Waals surface area contributed by atoms with Crippen molar-refractivity contribution in [1.82, 2.24) is 0 Å². The number of rotatable bonds is 3. The highest BCUT2D eigenvalue weighted by Gasteiger charge is 2.54. The fraction of sp³-hybridized carbons (Fsp3) is 0.100. The zero-order valence-electron chi connectivity index (χ0n) is 13.5. The molecule has 0 aliphatic carbocycles. The van der Waals surface area contributed by atoms with Gasteiger partial charge in [0.15, 0.2) is 0 Å². The highest BCUT2D eigenvalue weighted by molar-refractivity contribution is 6.69. The van der Waals surface area contributed by atoms with Gasteiger partial charge in [0.2, 0.25) is 3.79 Å². The predicted octanol–water partition coefficient (Wildman–Crippen LogP) is 9.00. The molecule has 3 rings (SSSR count). The van der Waals surface area contributed by atoms with E-state index in [9.17, 15) is 0 Å². The van der Waals surface area contributed by atoms with E-state index in [0.29, 0.717) is 16.7 Å². The molecule has 0 aliphatic rings. The quantitative estimate of drug-likeness (QED) is 0.146. The monoisotopic (exact) mass is 496 g/mol. The van der Waals surface area contributed by atoms with Crippen LogP contribution in [0.5, 0.6) is 0 Å². The van der Waals surface area contributed by atoms with Crippen LogP contribution in [-0.4, -0.2) is 3.79 Å². The van der Waals surface area contributed by atoms with E-state index >= 15 is 0 Å². The van der Waals surface area contributed by atoms with Crippen LogP contribution in [0.4, 0.5) is 0 Å². The molecule has 0 spiro atoms. The molecule has 0 amide bonds. The van der Waals surface area contributed by atoms with Crippen molar-refractivity contribution in [3.63, 3.8) is 0 Å². The van der Waals surface area contributed by atoms with Gasteiger partial charge in [-0.3, -0.25) is 0 Å². The molecule has 0 saturated heterocycles. The van der Waals surface area contributed by atoms with Crippen molar-refractivity contribution in [3.05, 3.63) is 104 Å². The van der Waals surface area contributed by atoms with E-state index in [2.05, 4.69) is 0 Å². The molecule has 0 nitrogen and oxygen atoms in total. The van der Waals surface area contributed by atoms with Crippen molar-refractivity contribution in [2.75, 3.05) is 0 Å². The molecule has 3 aromatic rings. The molecule has 0 radical (unpaired) electrons. The molecule has 0 aliphatic heterocycles. The third kappa shape index (κ3) is 3.67. The first-order valence-electron chi connectivity index (χ1n) is 7.72. The Morgan fingerprint density at radius 3 is 1.41 bits per heavy atom. The van der Waals surface area contributed by atoms with Crippen molar-refractivity contribution < 1.29 is 0 Å². The number of halogens is 7. The zero-order chi connectivity index (χ0) is 19.8. The van der Waals surface area contributed by atoms with Crippen molar-refractivity contribution in [3.8, 4) is 0 Å². The van der Waals surface area contributed by atoms with Crippen LogP contribution >= 0.6 is 81.2 Å². The van der Waals surface area contributed by atoms with Crippen LogP contribution < -0.4 is 0 Å². The molecule has 7 heteroatoms. The van der Waals surface area contributed by atoms with Gasteiger partial charge < -0.3 is 0 Å². The van der Waals surface area contributed by atoms with E-state index in [4.69, 9.17) is 81.2 Å². The van der Waals surface area contributed by atoms with Crippen LogP contribution in [0.25, 0.3) is 0 Å². The van der Waals surface area contributed by atoms with Crippen LogP contribution in [0.2, 0.25) is 20.1 Å². The van der Waals surface area contributed by atoms with Crippen LogP contribution in [0, 0.1) is 0 Å². The van der Waals surface area contributed by atoms with Gasteiger partial charge in [-0.15, -0.1) is 0 Å². The lowest BCUT2D eigenvalue weighted by Crippen LogP contribution is -2.42. The Bertz CT molecular complexity index is 908. The Kier molecular flexibility index (Phi) is 6.50. The van der Waals surface area contributed by atoms with E-state index < -0.39 is 9.21 Å². The lowest BCUT2D eigenvalue weighted by molar-refractivity contribution is 0.633. The summed E-state index contributed by atoms with van der Waals surface area (Å²) in [7, 11) is 0. The summed E-state index contributed by atoms with van der Waals surface area (Å²) < 4.78 is -1.83. The molecule has 0 aromatic heterocycles. The third-order valence-electron chi connectivity index (χ3n) is 4.35. The van der Waals surface area contributed by atoms with E-state index in [0.717, 1.165) is 0 Å². The Morgan fingerprint density at radius 2 is 1.00 bits per heavy atom. The second-order valence-corrected chi connectivity index (χ2v) is 9.65. The maximum atomic E-state index is 6.63. The molecule has 0 unspecified atom stereocenters. The van der Waals surface area contributed by atoms with E-state index in [1.54, 1.807) is 6.07 Å². The molecular formula is C20H11Cl7. The minimum absolute atomic E-state index is 0.103. The van der Waals surface area contributed by atoms with E-state index in [1.165, 1.54) is 0 Å². The van der Waals surface area contributed by atoms with Gasteiger partial charge in [0.25, 0.3) is 0 Å². The Morgan fingerprint density at radius 1 is 0.556 bits per heavy atom. The molecule has 27 heavy (non-hydrogen) atoms. The summed E-state index contributed by atoms with van der Waals surface area (Å²) in [5, 5.41) is 0.634. The van der Waals surface area contributed by atoms with Gasteiger partial charge in [-0.05, 0) is 22.8 Å². The summed E-state index contributed by atoms with van der Waals surface area (Å²) >= 11 is 45.3. The van der Waals surface area contributed by atoms with Gasteiger partial charge in [0, 0.05) is 0 Å². The van der Waals surface area contributed by atoms with Crippen molar-refractivity contribution in [2.24, 2.45) is 0 Å². The molecule has 0 saturated carbocycles. The highest BCUT2D eigenvalue weighted by atomic mass is 35.6. The lowest BCUT2D eigenvalue weighted by Gasteiger charge is -2.42. The Hall–Kier alpha value is -0.310. The van der Waals surface area contributed by atoms with Gasteiger partial charge in [-0.2, -0.15) is 0 Å². The Labute approximate surface area is 192 Å². The Balaban J connectivity index is 2.53. The van der Waals surface area contributed by atoms with Crippen LogP contribution in [0.1, 0.15) is 16.7 Å². The topological polar surface area (TPSA) is 0 Å². The number of benzene rings is 3. The zero-order valence-corrected chi connectivity index (χ0v) is 18.8.